The van der Waals surface area contributed by atoms with E-state index in [9.17, 15) is 0 Å². The Morgan fingerprint density at radius 3 is 2.71 bits per heavy atom. The first kappa shape index (κ1) is 14.2. The van der Waals surface area contributed by atoms with Crippen LogP contribution in [0, 0.1) is 0 Å². The zero-order chi connectivity index (χ0) is 12.7. The van der Waals surface area contributed by atoms with Crippen LogP contribution in [-0.4, -0.2) is 39.2 Å². The molecule has 1 heterocycles. The Bertz CT molecular complexity index is 310. The quantitative estimate of drug-likeness (QED) is 0.626. The first-order valence-corrected chi connectivity index (χ1v) is 6.24. The summed E-state index contributed by atoms with van der Waals surface area (Å²) in [6.07, 6.45) is 3.45. The Kier molecular flexibility index (Phi) is 6.18. The minimum Gasteiger partial charge on any atom is -0.394 e. The highest BCUT2D eigenvalue weighted by atomic mass is 16.3. The van der Waals surface area contributed by atoms with Crippen molar-refractivity contribution in [1.82, 2.24) is 15.1 Å². The largest absolute Gasteiger partial charge is 0.394 e. The molecule has 0 aliphatic rings. The average Bonchev–Trinajstić information content (AvgIpc) is 2.79. The third-order valence-electron chi connectivity index (χ3n) is 2.88. The lowest BCUT2D eigenvalue weighted by Crippen LogP contribution is -2.29. The predicted octanol–water partition coefficient (Wildman–Crippen LogP) is 0.687. The van der Waals surface area contributed by atoms with Crippen LogP contribution in [-0.2, 0) is 6.54 Å². The molecule has 17 heavy (non-hydrogen) atoms. The van der Waals surface area contributed by atoms with Gasteiger partial charge in [0.1, 0.15) is 0 Å². The molecule has 0 radical (unpaired) electrons. The number of aliphatic hydroxyl groups is 2. The molecular formula is C12H23N3O2. The van der Waals surface area contributed by atoms with Gasteiger partial charge in [-0.3, -0.25) is 4.68 Å². The lowest BCUT2D eigenvalue weighted by atomic mass is 10.2. The van der Waals surface area contributed by atoms with Crippen molar-refractivity contribution in [2.24, 2.45) is 0 Å². The second kappa shape index (κ2) is 7.42. The van der Waals surface area contributed by atoms with Crippen LogP contribution in [0.1, 0.15) is 38.4 Å². The fraction of sp³-hybridized carbons (Fsp3) is 0.750. The normalized spacial score (nSPS) is 13.2. The van der Waals surface area contributed by atoms with Crippen LogP contribution in [0.2, 0.25) is 0 Å². The molecular weight excluding hydrogens is 218 g/mol. The van der Waals surface area contributed by atoms with Crippen LogP contribution >= 0.6 is 0 Å². The van der Waals surface area contributed by atoms with Crippen LogP contribution in [0.15, 0.2) is 12.3 Å². The lowest BCUT2D eigenvalue weighted by Gasteiger charge is -2.12. The lowest BCUT2D eigenvalue weighted by molar-refractivity contribution is 0.0941. The van der Waals surface area contributed by atoms with Gasteiger partial charge in [-0.1, -0.05) is 13.8 Å². The second-order valence-electron chi connectivity index (χ2n) is 4.22. The van der Waals surface area contributed by atoms with E-state index in [1.165, 1.54) is 0 Å². The summed E-state index contributed by atoms with van der Waals surface area (Å²) >= 11 is 0. The molecule has 1 rings (SSSR count). The molecule has 0 spiro atoms. The summed E-state index contributed by atoms with van der Waals surface area (Å²) in [4.78, 5) is 0. The second-order valence-corrected chi connectivity index (χ2v) is 4.22. The molecule has 0 aliphatic carbocycles. The van der Waals surface area contributed by atoms with Crippen molar-refractivity contribution < 1.29 is 10.2 Å². The Morgan fingerprint density at radius 2 is 2.12 bits per heavy atom. The monoisotopic (exact) mass is 241 g/mol. The first-order chi connectivity index (χ1) is 8.21. The molecule has 5 nitrogen and oxygen atoms in total. The molecule has 1 aromatic heterocycles. The van der Waals surface area contributed by atoms with E-state index in [-0.39, 0.29) is 6.61 Å². The molecule has 0 aromatic carbocycles. The van der Waals surface area contributed by atoms with Crippen molar-refractivity contribution in [3.8, 4) is 0 Å². The smallest absolute Gasteiger partial charge is 0.0895 e. The fourth-order valence-corrected chi connectivity index (χ4v) is 1.77. The van der Waals surface area contributed by atoms with Crippen molar-refractivity contribution in [1.29, 1.82) is 0 Å². The van der Waals surface area contributed by atoms with Gasteiger partial charge in [0.2, 0.25) is 0 Å². The molecule has 0 fully saturated rings. The summed E-state index contributed by atoms with van der Waals surface area (Å²) in [7, 11) is 0. The van der Waals surface area contributed by atoms with Gasteiger partial charge in [0.05, 0.1) is 24.4 Å². The van der Waals surface area contributed by atoms with E-state index in [0.29, 0.717) is 19.1 Å². The van der Waals surface area contributed by atoms with E-state index in [1.54, 1.807) is 0 Å². The van der Waals surface area contributed by atoms with Crippen molar-refractivity contribution in [3.05, 3.63) is 18.0 Å². The molecule has 0 saturated carbocycles. The topological polar surface area (TPSA) is 70.3 Å². The Balaban J connectivity index is 2.40. The fourth-order valence-electron chi connectivity index (χ4n) is 1.77. The molecule has 0 saturated heterocycles. The van der Waals surface area contributed by atoms with E-state index in [1.807, 2.05) is 16.9 Å². The summed E-state index contributed by atoms with van der Waals surface area (Å²) in [6, 6.07) is 2.45. The summed E-state index contributed by atoms with van der Waals surface area (Å²) in [5.41, 5.74) is 0.960. The number of aromatic nitrogens is 2. The minimum absolute atomic E-state index is 0.213. The van der Waals surface area contributed by atoms with Crippen LogP contribution < -0.4 is 5.32 Å². The molecule has 0 amide bonds. The highest BCUT2D eigenvalue weighted by Crippen LogP contribution is 2.14. The summed E-state index contributed by atoms with van der Waals surface area (Å²) in [6.45, 7) is 5.10. The first-order valence-electron chi connectivity index (χ1n) is 6.24. The maximum Gasteiger partial charge on any atom is 0.0895 e. The van der Waals surface area contributed by atoms with Crippen LogP contribution in [0.3, 0.4) is 0 Å². The number of nitrogens with one attached hydrogen (secondary N) is 1. The maximum atomic E-state index is 9.17. The van der Waals surface area contributed by atoms with Crippen LogP contribution in [0.25, 0.3) is 0 Å². The molecule has 5 heteroatoms. The van der Waals surface area contributed by atoms with Gasteiger partial charge >= 0.3 is 0 Å². The van der Waals surface area contributed by atoms with E-state index < -0.39 is 6.10 Å². The SMILES string of the molecule is CCC(CC)n1ccc(CNCC(O)CO)n1. The number of nitrogens with zero attached hydrogens (tertiary/aromatic N) is 2. The highest BCUT2D eigenvalue weighted by Gasteiger charge is 2.08. The van der Waals surface area contributed by atoms with Crippen LogP contribution in [0.5, 0.6) is 0 Å². The van der Waals surface area contributed by atoms with Crippen LogP contribution in [0.4, 0.5) is 0 Å². The van der Waals surface area contributed by atoms with Crippen molar-refractivity contribution >= 4 is 0 Å². The molecule has 1 aromatic rings. The number of hydrogen-bond acceptors (Lipinski definition) is 4. The maximum absolute atomic E-state index is 9.17. The number of aliphatic hydroxyl groups excluding tert-OH is 2. The summed E-state index contributed by atoms with van der Waals surface area (Å²) in [5.74, 6) is 0. The van der Waals surface area contributed by atoms with Gasteiger partial charge in [-0.05, 0) is 18.9 Å². The van der Waals surface area contributed by atoms with E-state index in [4.69, 9.17) is 10.2 Å². The number of hydrogen-bond donors (Lipinski definition) is 3. The van der Waals surface area contributed by atoms with E-state index >= 15 is 0 Å². The third kappa shape index (κ3) is 4.46. The van der Waals surface area contributed by atoms with Gasteiger partial charge in [-0.25, -0.2) is 0 Å². The van der Waals surface area contributed by atoms with Crippen molar-refractivity contribution in [2.75, 3.05) is 13.2 Å². The molecule has 3 N–H and O–H groups in total. The van der Waals surface area contributed by atoms with Gasteiger partial charge < -0.3 is 15.5 Å². The Hall–Kier alpha value is -0.910. The van der Waals surface area contributed by atoms with Gasteiger partial charge in [-0.15, -0.1) is 0 Å². The minimum atomic E-state index is -0.698. The average molecular weight is 241 g/mol. The standard InChI is InChI=1S/C12H23N3O2/c1-3-11(4-2)15-6-5-10(14-15)7-13-8-12(17)9-16/h5-6,11-13,16-17H,3-4,7-9H2,1-2H3. The summed E-state index contributed by atoms with van der Waals surface area (Å²) in [5, 5.41) is 25.4. The molecule has 0 bridgehead atoms. The van der Waals surface area contributed by atoms with Gasteiger partial charge in [-0.2, -0.15) is 5.10 Å². The Labute approximate surface area is 102 Å². The predicted molar refractivity (Wildman–Crippen MR) is 66.6 cm³/mol. The van der Waals surface area contributed by atoms with Crippen molar-refractivity contribution in [3.63, 3.8) is 0 Å². The molecule has 1 atom stereocenters. The highest BCUT2D eigenvalue weighted by molar-refractivity contribution is 4.99. The number of rotatable bonds is 8. The molecule has 1 unspecified atom stereocenters. The molecule has 0 aliphatic heterocycles. The van der Waals surface area contributed by atoms with E-state index in [2.05, 4.69) is 24.3 Å². The molecule has 98 valence electrons. The van der Waals surface area contributed by atoms with Gasteiger partial charge in [0, 0.05) is 19.3 Å². The third-order valence-corrected chi connectivity index (χ3v) is 2.88. The zero-order valence-corrected chi connectivity index (χ0v) is 10.6. The van der Waals surface area contributed by atoms with Crippen molar-refractivity contribution in [2.45, 2.75) is 45.4 Å². The zero-order valence-electron chi connectivity index (χ0n) is 10.6. The summed E-state index contributed by atoms with van der Waals surface area (Å²) < 4.78 is 2.00. The van der Waals surface area contributed by atoms with E-state index in [0.717, 1.165) is 18.5 Å². The Morgan fingerprint density at radius 1 is 1.41 bits per heavy atom. The van der Waals surface area contributed by atoms with Gasteiger partial charge in [0.25, 0.3) is 0 Å². The van der Waals surface area contributed by atoms with Gasteiger partial charge in [0.15, 0.2) is 0 Å².